The summed E-state index contributed by atoms with van der Waals surface area (Å²) in [6, 6.07) is 6.68. The van der Waals surface area contributed by atoms with Gasteiger partial charge in [0.25, 0.3) is 5.91 Å². The lowest BCUT2D eigenvalue weighted by Crippen LogP contribution is -2.39. The van der Waals surface area contributed by atoms with E-state index in [1.54, 1.807) is 36.7 Å². The van der Waals surface area contributed by atoms with Gasteiger partial charge in [-0.15, -0.1) is 0 Å². The molecule has 1 aliphatic heterocycles. The molecule has 0 saturated carbocycles. The molecule has 1 saturated heterocycles. The van der Waals surface area contributed by atoms with Crippen LogP contribution in [0.5, 0.6) is 0 Å². The van der Waals surface area contributed by atoms with Gasteiger partial charge in [0, 0.05) is 45.3 Å². The summed E-state index contributed by atoms with van der Waals surface area (Å²) >= 11 is 0. The molecule has 4 amide bonds. The molecule has 27 heavy (non-hydrogen) atoms. The summed E-state index contributed by atoms with van der Waals surface area (Å²) in [4.78, 5) is 47.1. The first-order chi connectivity index (χ1) is 13.1. The van der Waals surface area contributed by atoms with E-state index in [1.165, 1.54) is 23.0 Å². The second-order valence-corrected chi connectivity index (χ2v) is 5.98. The highest BCUT2D eigenvalue weighted by Gasteiger charge is 2.31. The van der Waals surface area contributed by atoms with Crippen LogP contribution in [-0.4, -0.2) is 59.4 Å². The topological polar surface area (TPSA) is 108 Å². The SMILES string of the molecule is CNC(=O)CN1CCN(c2ccc(CNC(=O)c3cccnc3)cn2)C1=O. The summed E-state index contributed by atoms with van der Waals surface area (Å²) in [5.74, 6) is 0.0892. The lowest BCUT2D eigenvalue weighted by atomic mass is 10.2. The number of nitrogens with zero attached hydrogens (tertiary/aromatic N) is 4. The molecule has 9 heteroatoms. The molecule has 0 unspecified atom stereocenters. The van der Waals surface area contributed by atoms with Gasteiger partial charge in [0.2, 0.25) is 5.91 Å². The molecule has 3 rings (SSSR count). The molecule has 0 spiro atoms. The molecule has 0 atom stereocenters. The number of hydrogen-bond acceptors (Lipinski definition) is 5. The van der Waals surface area contributed by atoms with E-state index in [9.17, 15) is 14.4 Å². The minimum atomic E-state index is -0.247. The Morgan fingerprint density at radius 1 is 1.19 bits per heavy atom. The van der Waals surface area contributed by atoms with Crippen LogP contribution in [0.2, 0.25) is 0 Å². The van der Waals surface area contributed by atoms with Gasteiger partial charge in [0.15, 0.2) is 0 Å². The fourth-order valence-electron chi connectivity index (χ4n) is 2.66. The zero-order valence-corrected chi connectivity index (χ0v) is 14.9. The predicted octanol–water partition coefficient (Wildman–Crippen LogP) is 0.395. The summed E-state index contributed by atoms with van der Waals surface area (Å²) in [5.41, 5.74) is 1.30. The zero-order valence-electron chi connectivity index (χ0n) is 14.9. The number of amides is 4. The van der Waals surface area contributed by atoms with E-state index in [0.29, 0.717) is 31.0 Å². The standard InChI is InChI=1S/C18H20N6O3/c1-19-16(25)12-23-7-8-24(18(23)27)15-5-4-13(9-21-15)10-22-17(26)14-3-2-6-20-11-14/h2-6,9,11H,7-8,10,12H2,1H3,(H,19,25)(H,22,26). The summed E-state index contributed by atoms with van der Waals surface area (Å²) in [6.45, 7) is 1.29. The minimum absolute atomic E-state index is 0.0320. The number of anilines is 1. The molecule has 9 nitrogen and oxygen atoms in total. The van der Waals surface area contributed by atoms with Crippen LogP contribution in [0.4, 0.5) is 10.6 Å². The molecule has 0 bridgehead atoms. The Labute approximate surface area is 156 Å². The van der Waals surface area contributed by atoms with Gasteiger partial charge < -0.3 is 15.5 Å². The molecule has 2 aromatic rings. The maximum Gasteiger partial charge on any atom is 0.326 e. The van der Waals surface area contributed by atoms with Crippen LogP contribution in [0.3, 0.4) is 0 Å². The predicted molar refractivity (Wildman–Crippen MR) is 98.0 cm³/mol. The van der Waals surface area contributed by atoms with E-state index in [-0.39, 0.29) is 24.4 Å². The number of aromatic nitrogens is 2. The van der Waals surface area contributed by atoms with Gasteiger partial charge in [-0.3, -0.25) is 19.5 Å². The maximum atomic E-state index is 12.4. The third kappa shape index (κ3) is 4.38. The number of rotatable bonds is 6. The van der Waals surface area contributed by atoms with E-state index < -0.39 is 0 Å². The Morgan fingerprint density at radius 3 is 2.70 bits per heavy atom. The quantitative estimate of drug-likeness (QED) is 0.767. The molecule has 0 aliphatic carbocycles. The van der Waals surface area contributed by atoms with E-state index >= 15 is 0 Å². The minimum Gasteiger partial charge on any atom is -0.358 e. The highest BCUT2D eigenvalue weighted by atomic mass is 16.2. The average molecular weight is 368 g/mol. The van der Waals surface area contributed by atoms with Crippen LogP contribution >= 0.6 is 0 Å². The second-order valence-electron chi connectivity index (χ2n) is 5.98. The van der Waals surface area contributed by atoms with Gasteiger partial charge in [0.05, 0.1) is 5.56 Å². The smallest absolute Gasteiger partial charge is 0.326 e. The molecular weight excluding hydrogens is 348 g/mol. The fraction of sp³-hybridized carbons (Fsp3) is 0.278. The molecular formula is C18H20N6O3. The lowest BCUT2D eigenvalue weighted by molar-refractivity contribution is -0.121. The van der Waals surface area contributed by atoms with Crippen molar-refractivity contribution in [3.63, 3.8) is 0 Å². The maximum absolute atomic E-state index is 12.4. The van der Waals surface area contributed by atoms with E-state index in [1.807, 2.05) is 0 Å². The average Bonchev–Trinajstić information content (AvgIpc) is 3.07. The van der Waals surface area contributed by atoms with Crippen molar-refractivity contribution >= 4 is 23.7 Å². The van der Waals surface area contributed by atoms with Crippen LogP contribution in [0, 0.1) is 0 Å². The molecule has 3 heterocycles. The van der Waals surface area contributed by atoms with Gasteiger partial charge >= 0.3 is 6.03 Å². The highest BCUT2D eigenvalue weighted by molar-refractivity contribution is 5.95. The van der Waals surface area contributed by atoms with Gasteiger partial charge in [-0.25, -0.2) is 9.78 Å². The Morgan fingerprint density at radius 2 is 2.04 bits per heavy atom. The number of nitrogens with one attached hydrogen (secondary N) is 2. The summed E-state index contributed by atoms with van der Waals surface area (Å²) < 4.78 is 0. The first kappa shape index (κ1) is 18.3. The first-order valence-electron chi connectivity index (χ1n) is 8.48. The van der Waals surface area contributed by atoms with Crippen molar-refractivity contribution in [2.45, 2.75) is 6.54 Å². The highest BCUT2D eigenvalue weighted by Crippen LogP contribution is 2.18. The Kier molecular flexibility index (Phi) is 5.60. The zero-order chi connectivity index (χ0) is 19.2. The van der Waals surface area contributed by atoms with Crippen molar-refractivity contribution < 1.29 is 14.4 Å². The third-order valence-corrected chi connectivity index (χ3v) is 4.17. The van der Waals surface area contributed by atoms with Crippen molar-refractivity contribution in [2.75, 3.05) is 31.6 Å². The molecule has 140 valence electrons. The third-order valence-electron chi connectivity index (χ3n) is 4.17. The molecule has 0 aromatic carbocycles. The van der Waals surface area contributed by atoms with Crippen molar-refractivity contribution in [2.24, 2.45) is 0 Å². The number of hydrogen-bond donors (Lipinski definition) is 2. The Bertz CT molecular complexity index is 825. The van der Waals surface area contributed by atoms with E-state index in [0.717, 1.165) is 5.56 Å². The summed E-state index contributed by atoms with van der Waals surface area (Å²) in [5, 5.41) is 5.30. The van der Waals surface area contributed by atoms with Crippen LogP contribution in [-0.2, 0) is 11.3 Å². The van der Waals surface area contributed by atoms with Gasteiger partial charge in [-0.1, -0.05) is 6.07 Å². The Hall–Kier alpha value is -3.49. The fourth-order valence-corrected chi connectivity index (χ4v) is 2.66. The van der Waals surface area contributed by atoms with Gasteiger partial charge in [0.1, 0.15) is 12.4 Å². The van der Waals surface area contributed by atoms with Crippen molar-refractivity contribution in [1.29, 1.82) is 0 Å². The van der Waals surface area contributed by atoms with Crippen LogP contribution < -0.4 is 15.5 Å². The first-order valence-corrected chi connectivity index (χ1v) is 8.48. The number of carbonyl (C=O) groups excluding carboxylic acids is 3. The van der Waals surface area contributed by atoms with Crippen molar-refractivity contribution in [3.05, 3.63) is 54.0 Å². The van der Waals surface area contributed by atoms with E-state index in [4.69, 9.17) is 0 Å². The summed E-state index contributed by atoms with van der Waals surface area (Å²) in [7, 11) is 1.54. The molecule has 0 radical (unpaired) electrons. The van der Waals surface area contributed by atoms with Crippen molar-refractivity contribution in [3.8, 4) is 0 Å². The Balaban J connectivity index is 1.57. The molecule has 1 aliphatic rings. The van der Waals surface area contributed by atoms with Crippen molar-refractivity contribution in [1.82, 2.24) is 25.5 Å². The van der Waals surface area contributed by atoms with Crippen LogP contribution in [0.1, 0.15) is 15.9 Å². The normalized spacial score (nSPS) is 13.6. The van der Waals surface area contributed by atoms with Gasteiger partial charge in [-0.05, 0) is 23.8 Å². The van der Waals surface area contributed by atoms with Crippen LogP contribution in [0.25, 0.3) is 0 Å². The summed E-state index contributed by atoms with van der Waals surface area (Å²) in [6.07, 6.45) is 4.72. The number of pyridine rings is 2. The monoisotopic (exact) mass is 368 g/mol. The lowest BCUT2D eigenvalue weighted by Gasteiger charge is -2.17. The molecule has 2 aromatic heterocycles. The number of urea groups is 1. The molecule has 2 N–H and O–H groups in total. The van der Waals surface area contributed by atoms with Gasteiger partial charge in [-0.2, -0.15) is 0 Å². The largest absolute Gasteiger partial charge is 0.358 e. The number of carbonyl (C=O) groups is 3. The second kappa shape index (κ2) is 8.26. The van der Waals surface area contributed by atoms with Crippen LogP contribution in [0.15, 0.2) is 42.9 Å². The number of likely N-dealkylation sites (N-methyl/N-ethyl adjacent to an activating group) is 1. The van der Waals surface area contributed by atoms with E-state index in [2.05, 4.69) is 20.6 Å². The molecule has 1 fully saturated rings.